The lowest BCUT2D eigenvalue weighted by Crippen LogP contribution is -2.21. The summed E-state index contributed by atoms with van der Waals surface area (Å²) in [5, 5.41) is 37.3. The van der Waals surface area contributed by atoms with E-state index in [0.717, 1.165) is 45.3 Å². The van der Waals surface area contributed by atoms with Gasteiger partial charge in [-0.05, 0) is 122 Å². The minimum atomic E-state index is -0.928. The van der Waals surface area contributed by atoms with Crippen molar-refractivity contribution in [2.45, 2.75) is 20.0 Å². The molecule has 0 bridgehead atoms. The Morgan fingerprint density at radius 3 is 1.21 bits per heavy atom. The van der Waals surface area contributed by atoms with Crippen LogP contribution in [-0.2, 0) is 0 Å². The van der Waals surface area contributed by atoms with E-state index in [1.807, 2.05) is 48.5 Å². The molecule has 1 atom stereocenters. The van der Waals surface area contributed by atoms with Crippen LogP contribution in [0.1, 0.15) is 11.1 Å². The number of rotatable bonds is 14. The molecular formula is C44H42N2O6. The van der Waals surface area contributed by atoms with Crippen molar-refractivity contribution in [2.75, 3.05) is 29.6 Å². The van der Waals surface area contributed by atoms with E-state index in [9.17, 15) is 10.2 Å². The fraction of sp³-hybridized carbons (Fsp3) is 0.136. The summed E-state index contributed by atoms with van der Waals surface area (Å²) >= 11 is 0. The number of ether oxygens (including phenoxy) is 2. The predicted octanol–water partition coefficient (Wildman–Crippen LogP) is 9.98. The first-order chi connectivity index (χ1) is 25.3. The normalized spacial score (nSPS) is 11.9. The Kier molecular flexibility index (Phi) is 11.4. The van der Waals surface area contributed by atoms with Crippen LogP contribution in [0, 0.1) is 13.8 Å². The maximum Gasteiger partial charge on any atom is 0.164 e. The van der Waals surface area contributed by atoms with Gasteiger partial charge in [-0.1, -0.05) is 59.7 Å². The van der Waals surface area contributed by atoms with Crippen molar-refractivity contribution in [3.05, 3.63) is 169 Å². The lowest BCUT2D eigenvalue weighted by Gasteiger charge is -2.26. The maximum absolute atomic E-state index is 9.67. The van der Waals surface area contributed by atoms with Crippen molar-refractivity contribution >= 4 is 34.1 Å². The second-order valence-corrected chi connectivity index (χ2v) is 12.5. The third-order valence-electron chi connectivity index (χ3n) is 8.55. The zero-order valence-electron chi connectivity index (χ0n) is 29.1. The van der Waals surface area contributed by atoms with Gasteiger partial charge in [0.25, 0.3) is 0 Å². The Morgan fingerprint density at radius 1 is 0.538 bits per heavy atom. The lowest BCUT2D eigenvalue weighted by molar-refractivity contribution is 0.0536. The van der Waals surface area contributed by atoms with Crippen molar-refractivity contribution < 1.29 is 29.9 Å². The summed E-state index contributed by atoms with van der Waals surface area (Å²) in [5.74, 6) is 0.930. The maximum atomic E-state index is 9.67. The van der Waals surface area contributed by atoms with Crippen LogP contribution in [0.15, 0.2) is 158 Å². The van der Waals surface area contributed by atoms with Gasteiger partial charge in [-0.3, -0.25) is 0 Å². The van der Waals surface area contributed by atoms with E-state index in [1.54, 1.807) is 0 Å². The van der Waals surface area contributed by atoms with E-state index >= 15 is 0 Å². The summed E-state index contributed by atoms with van der Waals surface area (Å²) in [6.45, 7) is 3.68. The number of nitrogens with zero attached hydrogens (tertiary/aromatic N) is 2. The molecule has 6 aromatic carbocycles. The van der Waals surface area contributed by atoms with Gasteiger partial charge in [-0.15, -0.1) is 0 Å². The highest BCUT2D eigenvalue weighted by molar-refractivity contribution is 5.81. The predicted molar refractivity (Wildman–Crippen MR) is 208 cm³/mol. The van der Waals surface area contributed by atoms with E-state index in [1.165, 1.54) is 11.1 Å². The molecule has 6 rings (SSSR count). The Bertz CT molecular complexity index is 2040. The van der Waals surface area contributed by atoms with Crippen molar-refractivity contribution in [1.82, 2.24) is 0 Å². The molecule has 0 amide bonds. The first kappa shape index (κ1) is 35.6. The van der Waals surface area contributed by atoms with Gasteiger partial charge in [0, 0.05) is 34.1 Å². The minimum Gasteiger partial charge on any atom is -0.512 e. The Labute approximate surface area is 304 Å². The average molecular weight is 695 g/mol. The molecule has 0 aromatic heterocycles. The smallest absolute Gasteiger partial charge is 0.164 e. The van der Waals surface area contributed by atoms with Crippen LogP contribution in [0.3, 0.4) is 0 Å². The molecule has 0 aliphatic rings. The minimum absolute atomic E-state index is 0.0180. The van der Waals surface area contributed by atoms with Gasteiger partial charge in [0.1, 0.15) is 37.1 Å². The first-order valence-electron chi connectivity index (χ1n) is 17.0. The quantitative estimate of drug-likeness (QED) is 0.0836. The molecule has 52 heavy (non-hydrogen) atoms. The number of aliphatic hydroxyl groups is 4. The zero-order chi connectivity index (χ0) is 36.5. The summed E-state index contributed by atoms with van der Waals surface area (Å²) in [6, 6.07) is 49.0. The van der Waals surface area contributed by atoms with Gasteiger partial charge in [0.15, 0.2) is 5.76 Å². The Balaban J connectivity index is 1.25. The van der Waals surface area contributed by atoms with Crippen LogP contribution in [-0.4, -0.2) is 46.4 Å². The van der Waals surface area contributed by atoms with Crippen molar-refractivity contribution in [3.8, 4) is 22.6 Å². The Morgan fingerprint density at radius 2 is 0.865 bits per heavy atom. The third-order valence-corrected chi connectivity index (χ3v) is 8.55. The monoisotopic (exact) mass is 694 g/mol. The second-order valence-electron chi connectivity index (χ2n) is 12.5. The van der Waals surface area contributed by atoms with E-state index < -0.39 is 6.10 Å². The van der Waals surface area contributed by atoms with Gasteiger partial charge in [0.05, 0.1) is 6.61 Å². The summed E-state index contributed by atoms with van der Waals surface area (Å²) in [5.41, 5.74) is 10.4. The summed E-state index contributed by atoms with van der Waals surface area (Å²) in [7, 11) is 0. The van der Waals surface area contributed by atoms with Crippen LogP contribution >= 0.6 is 0 Å². The SMILES string of the molecule is Cc1ccc(N(c2ccc(OC/C(O)=C\O)cc2)c2ccc(-c3ccc(N(c4ccc(C)cc4)c4ccc(OCC(O)CO)cc4)cc3)cc2)cc1. The molecule has 1 unspecified atom stereocenters. The molecule has 0 fully saturated rings. The molecule has 8 heteroatoms. The second kappa shape index (κ2) is 16.7. The van der Waals surface area contributed by atoms with Crippen LogP contribution < -0.4 is 19.3 Å². The van der Waals surface area contributed by atoms with Gasteiger partial charge >= 0.3 is 0 Å². The van der Waals surface area contributed by atoms with Crippen LogP contribution in [0.2, 0.25) is 0 Å². The van der Waals surface area contributed by atoms with E-state index in [-0.39, 0.29) is 25.6 Å². The van der Waals surface area contributed by atoms with Gasteiger partial charge in [0.2, 0.25) is 0 Å². The molecule has 0 saturated heterocycles. The summed E-state index contributed by atoms with van der Waals surface area (Å²) in [4.78, 5) is 4.35. The standard InChI is InChI=1S/C44H42N2O6/c1-31-3-11-35(12-4-31)45(39-19-23-43(24-20-39)51-29-41(49)27-47)37-15-7-33(8-16-37)34-9-17-38(18-10-34)46(36-13-5-32(2)6-14-36)40-21-25-44(26-22-40)52-30-42(50)28-48/h3-27,42,47-50H,28-30H2,1-2H3/b41-27+. The molecule has 8 nitrogen and oxygen atoms in total. The van der Waals surface area contributed by atoms with Crippen LogP contribution in [0.4, 0.5) is 34.1 Å². The largest absolute Gasteiger partial charge is 0.512 e. The number of aliphatic hydroxyl groups excluding tert-OH is 4. The molecule has 0 aliphatic heterocycles. The topological polar surface area (TPSA) is 106 Å². The summed E-state index contributed by atoms with van der Waals surface area (Å²) in [6.07, 6.45) is -0.304. The third kappa shape index (κ3) is 8.73. The van der Waals surface area contributed by atoms with E-state index in [0.29, 0.717) is 17.8 Å². The van der Waals surface area contributed by atoms with Gasteiger partial charge in [-0.2, -0.15) is 0 Å². The molecular weight excluding hydrogens is 652 g/mol. The highest BCUT2D eigenvalue weighted by Gasteiger charge is 2.16. The molecule has 0 saturated carbocycles. The van der Waals surface area contributed by atoms with Crippen molar-refractivity contribution in [2.24, 2.45) is 0 Å². The van der Waals surface area contributed by atoms with Gasteiger partial charge < -0.3 is 39.7 Å². The number of hydrogen-bond donors (Lipinski definition) is 4. The zero-order valence-corrected chi connectivity index (χ0v) is 29.1. The molecule has 0 heterocycles. The van der Waals surface area contributed by atoms with E-state index in [2.05, 4.69) is 121 Å². The molecule has 0 aliphatic carbocycles. The average Bonchev–Trinajstić information content (AvgIpc) is 3.19. The molecule has 0 spiro atoms. The van der Waals surface area contributed by atoms with Crippen molar-refractivity contribution in [3.63, 3.8) is 0 Å². The van der Waals surface area contributed by atoms with Gasteiger partial charge in [-0.25, -0.2) is 0 Å². The van der Waals surface area contributed by atoms with Crippen LogP contribution in [0.25, 0.3) is 11.1 Å². The fourth-order valence-electron chi connectivity index (χ4n) is 5.71. The molecule has 0 radical (unpaired) electrons. The number of benzene rings is 6. The van der Waals surface area contributed by atoms with E-state index in [4.69, 9.17) is 19.7 Å². The highest BCUT2D eigenvalue weighted by atomic mass is 16.5. The fourth-order valence-corrected chi connectivity index (χ4v) is 5.71. The van der Waals surface area contributed by atoms with Crippen LogP contribution in [0.5, 0.6) is 11.5 Å². The molecule has 4 N–H and O–H groups in total. The lowest BCUT2D eigenvalue weighted by atomic mass is 10.0. The first-order valence-corrected chi connectivity index (χ1v) is 17.0. The molecule has 264 valence electrons. The number of hydrogen-bond acceptors (Lipinski definition) is 8. The number of aryl methyl sites for hydroxylation is 2. The number of anilines is 6. The molecule has 6 aromatic rings. The summed E-state index contributed by atoms with van der Waals surface area (Å²) < 4.78 is 11.2. The Hall–Kier alpha value is -6.22. The highest BCUT2D eigenvalue weighted by Crippen LogP contribution is 2.39. The van der Waals surface area contributed by atoms with Crippen molar-refractivity contribution in [1.29, 1.82) is 0 Å².